The summed E-state index contributed by atoms with van der Waals surface area (Å²) in [5, 5.41) is 0. The highest BCUT2D eigenvalue weighted by atomic mass is 19.1. The summed E-state index contributed by atoms with van der Waals surface area (Å²) in [6.45, 7) is 4.41. The van der Waals surface area contributed by atoms with Crippen LogP contribution >= 0.6 is 0 Å². The molecule has 1 unspecified atom stereocenters. The van der Waals surface area contributed by atoms with Gasteiger partial charge in [-0.25, -0.2) is 9.37 Å². The van der Waals surface area contributed by atoms with Crippen LogP contribution in [0.1, 0.15) is 25.3 Å². The van der Waals surface area contributed by atoms with Gasteiger partial charge < -0.3 is 14.5 Å². The van der Waals surface area contributed by atoms with E-state index < -0.39 is 5.82 Å². The molecule has 27 heavy (non-hydrogen) atoms. The molecule has 0 bridgehead atoms. The van der Waals surface area contributed by atoms with Crippen LogP contribution in [-0.2, 0) is 11.3 Å². The van der Waals surface area contributed by atoms with E-state index in [1.54, 1.807) is 35.6 Å². The molecule has 1 fully saturated rings. The first kappa shape index (κ1) is 19.1. The fourth-order valence-electron chi connectivity index (χ4n) is 3.47. The number of carbonyl (C=O) groups is 1. The summed E-state index contributed by atoms with van der Waals surface area (Å²) in [4.78, 5) is 25.4. The molecule has 3 rings (SSSR count). The van der Waals surface area contributed by atoms with Gasteiger partial charge in [0.2, 0.25) is 5.91 Å². The van der Waals surface area contributed by atoms with Crippen LogP contribution in [-0.4, -0.2) is 47.5 Å². The summed E-state index contributed by atoms with van der Waals surface area (Å²) in [5.74, 6) is 0.603. The van der Waals surface area contributed by atoms with Gasteiger partial charge in [0.25, 0.3) is 0 Å². The summed E-state index contributed by atoms with van der Waals surface area (Å²) in [6.07, 6.45) is 6.82. The Kier molecular flexibility index (Phi) is 6.21. The topological polar surface area (TPSA) is 58.6 Å². The molecule has 2 heterocycles. The molecule has 1 aliphatic heterocycles. The minimum absolute atomic E-state index is 0.0937. The van der Waals surface area contributed by atoms with Crippen molar-refractivity contribution in [3.8, 4) is 5.75 Å². The van der Waals surface area contributed by atoms with E-state index in [0.717, 1.165) is 30.8 Å². The van der Waals surface area contributed by atoms with Crippen molar-refractivity contribution in [1.82, 2.24) is 14.9 Å². The van der Waals surface area contributed by atoms with E-state index in [4.69, 9.17) is 4.74 Å². The van der Waals surface area contributed by atoms with E-state index in [-0.39, 0.29) is 17.6 Å². The lowest BCUT2D eigenvalue weighted by Crippen LogP contribution is -2.45. The van der Waals surface area contributed by atoms with Crippen LogP contribution in [0.15, 0.2) is 36.8 Å². The van der Waals surface area contributed by atoms with Crippen molar-refractivity contribution < 1.29 is 13.9 Å². The predicted molar refractivity (Wildman–Crippen MR) is 101 cm³/mol. The number of piperidine rings is 1. The lowest BCUT2D eigenvalue weighted by molar-refractivity contribution is -0.136. The van der Waals surface area contributed by atoms with E-state index in [1.165, 1.54) is 13.2 Å². The third-order valence-electron chi connectivity index (χ3n) is 4.93. The quantitative estimate of drug-likeness (QED) is 0.780. The fourth-order valence-corrected chi connectivity index (χ4v) is 3.47. The van der Waals surface area contributed by atoms with Crippen molar-refractivity contribution >= 4 is 11.7 Å². The molecule has 0 saturated carbocycles. The largest absolute Gasteiger partial charge is 0.494 e. The number of rotatable bonds is 6. The second-order valence-corrected chi connectivity index (χ2v) is 6.67. The normalized spacial score (nSPS) is 16.9. The molecule has 1 aromatic carbocycles. The zero-order chi connectivity index (χ0) is 19.2. The van der Waals surface area contributed by atoms with Crippen LogP contribution in [0.2, 0.25) is 0 Å². The van der Waals surface area contributed by atoms with E-state index in [1.807, 2.05) is 6.92 Å². The maximum atomic E-state index is 14.0. The van der Waals surface area contributed by atoms with Crippen LogP contribution in [0.3, 0.4) is 0 Å². The summed E-state index contributed by atoms with van der Waals surface area (Å²) in [7, 11) is 1.44. The molecule has 7 heteroatoms. The zero-order valence-electron chi connectivity index (χ0n) is 15.8. The summed E-state index contributed by atoms with van der Waals surface area (Å²) >= 11 is 0. The van der Waals surface area contributed by atoms with Gasteiger partial charge in [-0.3, -0.25) is 9.78 Å². The number of hydrogen-bond acceptors (Lipinski definition) is 5. The number of hydrogen-bond donors (Lipinski definition) is 0. The smallest absolute Gasteiger partial charge is 0.227 e. The minimum Gasteiger partial charge on any atom is -0.494 e. The number of amides is 1. The van der Waals surface area contributed by atoms with Crippen LogP contribution in [0.4, 0.5) is 10.2 Å². The number of methoxy groups -OCH3 is 1. The van der Waals surface area contributed by atoms with Gasteiger partial charge in [-0.05, 0) is 37.5 Å². The van der Waals surface area contributed by atoms with Gasteiger partial charge in [0.15, 0.2) is 11.6 Å². The van der Waals surface area contributed by atoms with Crippen molar-refractivity contribution in [2.75, 3.05) is 31.6 Å². The van der Waals surface area contributed by atoms with Crippen molar-refractivity contribution in [1.29, 1.82) is 0 Å². The molecular formula is C20H25FN4O2. The molecule has 6 nitrogen and oxygen atoms in total. The average molecular weight is 372 g/mol. The standard InChI is InChI=1S/C20H25FN4O2/c1-3-24(13-15-6-7-18(27-2)17(21)11-15)20(26)16-5-4-10-25(14-16)19-12-22-8-9-23-19/h6-9,11-12,16H,3-5,10,13-14H2,1-2H3. The van der Waals surface area contributed by atoms with E-state index >= 15 is 0 Å². The SMILES string of the molecule is CCN(Cc1ccc(OC)c(F)c1)C(=O)C1CCCN(c2cnccn2)C1. The zero-order valence-corrected chi connectivity index (χ0v) is 15.8. The van der Waals surface area contributed by atoms with Gasteiger partial charge in [0, 0.05) is 38.6 Å². The Morgan fingerprint density at radius 2 is 2.26 bits per heavy atom. The van der Waals surface area contributed by atoms with E-state index in [2.05, 4.69) is 14.9 Å². The van der Waals surface area contributed by atoms with Gasteiger partial charge in [0.05, 0.1) is 19.2 Å². The highest BCUT2D eigenvalue weighted by molar-refractivity contribution is 5.79. The highest BCUT2D eigenvalue weighted by Crippen LogP contribution is 2.24. The van der Waals surface area contributed by atoms with Gasteiger partial charge in [-0.15, -0.1) is 0 Å². The molecule has 1 aliphatic rings. The average Bonchev–Trinajstić information content (AvgIpc) is 2.72. The monoisotopic (exact) mass is 372 g/mol. The molecule has 2 aromatic rings. The first-order valence-electron chi connectivity index (χ1n) is 9.24. The second kappa shape index (κ2) is 8.79. The van der Waals surface area contributed by atoms with Crippen molar-refractivity contribution in [2.45, 2.75) is 26.3 Å². The maximum Gasteiger partial charge on any atom is 0.227 e. The van der Waals surface area contributed by atoms with Crippen molar-refractivity contribution in [3.05, 3.63) is 48.2 Å². The minimum atomic E-state index is -0.412. The van der Waals surface area contributed by atoms with E-state index in [0.29, 0.717) is 19.6 Å². The Morgan fingerprint density at radius 1 is 1.41 bits per heavy atom. The fraction of sp³-hybridized carbons (Fsp3) is 0.450. The van der Waals surface area contributed by atoms with Gasteiger partial charge in [-0.2, -0.15) is 0 Å². The summed E-state index contributed by atoms with van der Waals surface area (Å²) in [5.41, 5.74) is 0.755. The van der Waals surface area contributed by atoms with Crippen LogP contribution in [0.25, 0.3) is 0 Å². The lowest BCUT2D eigenvalue weighted by Gasteiger charge is -2.35. The Labute approximate surface area is 159 Å². The number of anilines is 1. The summed E-state index contributed by atoms with van der Waals surface area (Å²) < 4.78 is 18.9. The number of aromatic nitrogens is 2. The number of carbonyl (C=O) groups excluding carboxylic acids is 1. The number of ether oxygens (including phenoxy) is 1. The molecular weight excluding hydrogens is 347 g/mol. The Morgan fingerprint density at radius 3 is 2.93 bits per heavy atom. The first-order valence-corrected chi connectivity index (χ1v) is 9.24. The van der Waals surface area contributed by atoms with Crippen molar-refractivity contribution in [3.63, 3.8) is 0 Å². The number of nitrogens with zero attached hydrogens (tertiary/aromatic N) is 4. The molecule has 0 N–H and O–H groups in total. The maximum absolute atomic E-state index is 14.0. The third kappa shape index (κ3) is 4.53. The molecule has 144 valence electrons. The number of halogens is 1. The molecule has 1 amide bonds. The van der Waals surface area contributed by atoms with Gasteiger partial charge in [0.1, 0.15) is 5.82 Å². The number of benzene rings is 1. The van der Waals surface area contributed by atoms with Crippen LogP contribution in [0, 0.1) is 11.7 Å². The molecule has 0 radical (unpaired) electrons. The summed E-state index contributed by atoms with van der Waals surface area (Å²) in [6, 6.07) is 4.82. The van der Waals surface area contributed by atoms with Crippen molar-refractivity contribution in [2.24, 2.45) is 5.92 Å². The van der Waals surface area contributed by atoms with E-state index in [9.17, 15) is 9.18 Å². The Hall–Kier alpha value is -2.70. The highest BCUT2D eigenvalue weighted by Gasteiger charge is 2.29. The predicted octanol–water partition coefficient (Wildman–Crippen LogP) is 2.89. The molecule has 0 spiro atoms. The molecule has 1 aromatic heterocycles. The van der Waals surface area contributed by atoms with Gasteiger partial charge >= 0.3 is 0 Å². The second-order valence-electron chi connectivity index (χ2n) is 6.67. The third-order valence-corrected chi connectivity index (χ3v) is 4.93. The van der Waals surface area contributed by atoms with Gasteiger partial charge in [-0.1, -0.05) is 6.07 Å². The molecule has 1 atom stereocenters. The van der Waals surface area contributed by atoms with Crippen LogP contribution in [0.5, 0.6) is 5.75 Å². The first-order chi connectivity index (χ1) is 13.1. The molecule has 1 saturated heterocycles. The van der Waals surface area contributed by atoms with Crippen LogP contribution < -0.4 is 9.64 Å². The lowest BCUT2D eigenvalue weighted by atomic mass is 9.96. The Bertz CT molecular complexity index is 772. The Balaban J connectivity index is 1.68. The molecule has 0 aliphatic carbocycles.